The van der Waals surface area contributed by atoms with Crippen LogP contribution in [0.4, 0.5) is 11.5 Å². The molecular weight excluding hydrogens is 226 g/mol. The number of hydrogen-bond acceptors (Lipinski definition) is 4. The minimum Gasteiger partial charge on any atom is -0.399 e. The summed E-state index contributed by atoms with van der Waals surface area (Å²) in [5.41, 5.74) is 7.42. The fraction of sp³-hybridized carbons (Fsp3) is 0.357. The van der Waals surface area contributed by atoms with E-state index >= 15 is 0 Å². The lowest BCUT2D eigenvalue weighted by Crippen LogP contribution is -2.22. The first-order chi connectivity index (χ1) is 8.56. The number of nitrogens with two attached hydrogens (primary N) is 1. The Bertz CT molecular complexity index is 540. The zero-order chi connectivity index (χ0) is 13.1. The molecule has 0 saturated carbocycles. The standard InChI is InChI=1S/C14H19N3O/c1-10(18)7-8-17(2)14-6-3-11-9-12(15)4-5-13(11)16-14/h3-6,9-10,18H,7-8,15H2,1-2H3. The molecule has 0 bridgehead atoms. The van der Waals surface area contributed by atoms with Crippen molar-refractivity contribution < 1.29 is 5.11 Å². The van der Waals surface area contributed by atoms with E-state index in [1.54, 1.807) is 6.92 Å². The molecule has 0 fully saturated rings. The molecule has 1 atom stereocenters. The summed E-state index contributed by atoms with van der Waals surface area (Å²) in [4.78, 5) is 6.63. The topological polar surface area (TPSA) is 62.4 Å². The number of pyridine rings is 1. The van der Waals surface area contributed by atoms with Crippen LogP contribution in [0.3, 0.4) is 0 Å². The molecule has 1 aromatic heterocycles. The second-order valence-electron chi connectivity index (χ2n) is 4.68. The van der Waals surface area contributed by atoms with Crippen LogP contribution in [0.1, 0.15) is 13.3 Å². The van der Waals surface area contributed by atoms with Gasteiger partial charge in [0.2, 0.25) is 0 Å². The van der Waals surface area contributed by atoms with Gasteiger partial charge in [0.25, 0.3) is 0 Å². The Kier molecular flexibility index (Phi) is 3.67. The molecule has 4 heteroatoms. The second kappa shape index (κ2) is 5.23. The SMILES string of the molecule is CC(O)CCN(C)c1ccc2cc(N)ccc2n1. The molecule has 1 unspecified atom stereocenters. The highest BCUT2D eigenvalue weighted by atomic mass is 16.3. The smallest absolute Gasteiger partial charge is 0.128 e. The van der Waals surface area contributed by atoms with Crippen LogP contribution < -0.4 is 10.6 Å². The highest BCUT2D eigenvalue weighted by molar-refractivity contribution is 5.83. The molecule has 0 aliphatic rings. The van der Waals surface area contributed by atoms with Gasteiger partial charge < -0.3 is 15.7 Å². The van der Waals surface area contributed by atoms with E-state index < -0.39 is 0 Å². The normalized spacial score (nSPS) is 12.6. The van der Waals surface area contributed by atoms with Crippen molar-refractivity contribution in [3.05, 3.63) is 30.3 Å². The third kappa shape index (κ3) is 2.90. The molecule has 0 saturated heterocycles. The molecule has 4 nitrogen and oxygen atoms in total. The lowest BCUT2D eigenvalue weighted by Gasteiger charge is -2.19. The van der Waals surface area contributed by atoms with E-state index in [1.165, 1.54) is 0 Å². The number of hydrogen-bond donors (Lipinski definition) is 2. The van der Waals surface area contributed by atoms with Gasteiger partial charge in [-0.3, -0.25) is 0 Å². The summed E-state index contributed by atoms with van der Waals surface area (Å²) in [5.74, 6) is 0.910. The predicted octanol–water partition coefficient (Wildman–Crippen LogP) is 2.02. The summed E-state index contributed by atoms with van der Waals surface area (Å²) in [6.45, 7) is 2.58. The van der Waals surface area contributed by atoms with Crippen molar-refractivity contribution in [3.8, 4) is 0 Å². The summed E-state index contributed by atoms with van der Waals surface area (Å²) < 4.78 is 0. The Labute approximate surface area is 107 Å². The van der Waals surface area contributed by atoms with Gasteiger partial charge >= 0.3 is 0 Å². The lowest BCUT2D eigenvalue weighted by molar-refractivity contribution is 0.187. The number of nitrogens with zero attached hydrogens (tertiary/aromatic N) is 2. The van der Waals surface area contributed by atoms with Crippen LogP contribution in [0.2, 0.25) is 0 Å². The summed E-state index contributed by atoms with van der Waals surface area (Å²) in [5, 5.41) is 10.3. The van der Waals surface area contributed by atoms with Gasteiger partial charge in [-0.2, -0.15) is 0 Å². The fourth-order valence-electron chi connectivity index (χ4n) is 1.84. The van der Waals surface area contributed by atoms with E-state index in [0.29, 0.717) is 0 Å². The molecule has 1 heterocycles. The van der Waals surface area contributed by atoms with Gasteiger partial charge in [-0.15, -0.1) is 0 Å². The number of rotatable bonds is 4. The summed E-state index contributed by atoms with van der Waals surface area (Å²) in [6.07, 6.45) is 0.450. The van der Waals surface area contributed by atoms with Crippen LogP contribution >= 0.6 is 0 Å². The number of benzene rings is 1. The highest BCUT2D eigenvalue weighted by Crippen LogP contribution is 2.19. The Balaban J connectivity index is 2.21. The van der Waals surface area contributed by atoms with E-state index in [2.05, 4.69) is 4.98 Å². The van der Waals surface area contributed by atoms with Crippen molar-refractivity contribution in [3.63, 3.8) is 0 Å². The van der Waals surface area contributed by atoms with E-state index in [9.17, 15) is 5.11 Å². The minimum absolute atomic E-state index is 0.285. The number of aromatic nitrogens is 1. The van der Waals surface area contributed by atoms with Gasteiger partial charge in [-0.25, -0.2) is 4.98 Å². The first kappa shape index (κ1) is 12.6. The monoisotopic (exact) mass is 245 g/mol. The maximum absolute atomic E-state index is 9.29. The van der Waals surface area contributed by atoms with Crippen LogP contribution in [-0.2, 0) is 0 Å². The third-order valence-corrected chi connectivity index (χ3v) is 2.97. The van der Waals surface area contributed by atoms with Gasteiger partial charge in [0.15, 0.2) is 0 Å². The molecule has 1 aromatic carbocycles. The number of fused-ring (bicyclic) bond motifs is 1. The third-order valence-electron chi connectivity index (χ3n) is 2.97. The van der Waals surface area contributed by atoms with Crippen molar-refractivity contribution in [1.29, 1.82) is 0 Å². The van der Waals surface area contributed by atoms with Crippen molar-refractivity contribution in [2.45, 2.75) is 19.4 Å². The number of nitrogen functional groups attached to an aromatic ring is 1. The molecule has 18 heavy (non-hydrogen) atoms. The summed E-state index contributed by atoms with van der Waals surface area (Å²) in [6, 6.07) is 9.70. The fourth-order valence-corrected chi connectivity index (χ4v) is 1.84. The molecule has 3 N–H and O–H groups in total. The molecular formula is C14H19N3O. The molecule has 0 spiro atoms. The van der Waals surface area contributed by atoms with Gasteiger partial charge in [-0.1, -0.05) is 0 Å². The van der Waals surface area contributed by atoms with E-state index in [1.807, 2.05) is 42.3 Å². The minimum atomic E-state index is -0.285. The molecule has 96 valence electrons. The van der Waals surface area contributed by atoms with Crippen LogP contribution in [0, 0.1) is 0 Å². The molecule has 0 radical (unpaired) electrons. The molecule has 2 aromatic rings. The number of anilines is 2. The van der Waals surface area contributed by atoms with Gasteiger partial charge in [-0.05, 0) is 43.7 Å². The average Bonchev–Trinajstić information content (AvgIpc) is 2.35. The van der Waals surface area contributed by atoms with Crippen LogP contribution in [0.25, 0.3) is 10.9 Å². The number of aliphatic hydroxyl groups is 1. The van der Waals surface area contributed by atoms with Gasteiger partial charge in [0.1, 0.15) is 5.82 Å². The number of aliphatic hydroxyl groups excluding tert-OH is 1. The Hall–Kier alpha value is -1.81. The van der Waals surface area contributed by atoms with Crippen LogP contribution in [-0.4, -0.2) is 29.8 Å². The average molecular weight is 245 g/mol. The Morgan fingerprint density at radius 2 is 2.11 bits per heavy atom. The maximum atomic E-state index is 9.29. The van der Waals surface area contributed by atoms with Crippen LogP contribution in [0.5, 0.6) is 0 Å². The summed E-state index contributed by atoms with van der Waals surface area (Å²) >= 11 is 0. The largest absolute Gasteiger partial charge is 0.399 e. The van der Waals surface area contributed by atoms with E-state index in [-0.39, 0.29) is 6.10 Å². The van der Waals surface area contributed by atoms with E-state index in [0.717, 1.165) is 35.4 Å². The Morgan fingerprint density at radius 1 is 1.33 bits per heavy atom. The van der Waals surface area contributed by atoms with Gasteiger partial charge in [0, 0.05) is 24.7 Å². The van der Waals surface area contributed by atoms with E-state index in [4.69, 9.17) is 5.73 Å². The van der Waals surface area contributed by atoms with Gasteiger partial charge in [0.05, 0.1) is 11.6 Å². The lowest BCUT2D eigenvalue weighted by atomic mass is 10.2. The van der Waals surface area contributed by atoms with Crippen molar-refractivity contribution in [1.82, 2.24) is 4.98 Å². The zero-order valence-corrected chi connectivity index (χ0v) is 10.8. The maximum Gasteiger partial charge on any atom is 0.128 e. The molecule has 0 aliphatic heterocycles. The highest BCUT2D eigenvalue weighted by Gasteiger charge is 2.05. The summed E-state index contributed by atoms with van der Waals surface area (Å²) in [7, 11) is 1.98. The first-order valence-electron chi connectivity index (χ1n) is 6.12. The Morgan fingerprint density at radius 3 is 2.83 bits per heavy atom. The van der Waals surface area contributed by atoms with Crippen LogP contribution in [0.15, 0.2) is 30.3 Å². The first-order valence-corrected chi connectivity index (χ1v) is 6.12. The van der Waals surface area contributed by atoms with Crippen molar-refractivity contribution >= 4 is 22.4 Å². The molecule has 2 rings (SSSR count). The second-order valence-corrected chi connectivity index (χ2v) is 4.68. The van der Waals surface area contributed by atoms with Crippen molar-refractivity contribution in [2.24, 2.45) is 0 Å². The molecule has 0 amide bonds. The molecule has 0 aliphatic carbocycles. The predicted molar refractivity (Wildman–Crippen MR) is 75.7 cm³/mol. The van der Waals surface area contributed by atoms with Crippen molar-refractivity contribution in [2.75, 3.05) is 24.2 Å². The quantitative estimate of drug-likeness (QED) is 0.809. The zero-order valence-electron chi connectivity index (χ0n) is 10.8.